The van der Waals surface area contributed by atoms with E-state index in [1.807, 2.05) is 37.3 Å². The fourth-order valence-electron chi connectivity index (χ4n) is 5.18. The molecule has 2 aromatic heterocycles. The van der Waals surface area contributed by atoms with Gasteiger partial charge in [0.2, 0.25) is 5.88 Å². The Hall–Kier alpha value is -4.49. The highest BCUT2D eigenvalue weighted by Gasteiger charge is 2.28. The number of para-hydroxylation sites is 1. The molecule has 0 radical (unpaired) electrons. The molecule has 1 aliphatic rings. The number of hydrogen-bond acceptors (Lipinski definition) is 7. The number of nitrogens with zero attached hydrogens (tertiary/aromatic N) is 5. The summed E-state index contributed by atoms with van der Waals surface area (Å²) in [5.41, 5.74) is 11.3. The number of piperazine rings is 1. The van der Waals surface area contributed by atoms with Gasteiger partial charge in [-0.1, -0.05) is 78.9 Å². The molecule has 1 aliphatic heterocycles. The lowest BCUT2D eigenvalue weighted by molar-refractivity contribution is 0.212. The summed E-state index contributed by atoms with van der Waals surface area (Å²) in [5.74, 6) is 1.68. The minimum absolute atomic E-state index is 0.198. The number of hydrogen-bond donors (Lipinski definition) is 1. The first-order valence-electron chi connectivity index (χ1n) is 12.9. The predicted molar refractivity (Wildman–Crippen MR) is 152 cm³/mol. The molecule has 2 N–H and O–H groups in total. The van der Waals surface area contributed by atoms with E-state index >= 15 is 0 Å². The highest BCUT2D eigenvalue weighted by atomic mass is 16.5. The van der Waals surface area contributed by atoms with Crippen molar-refractivity contribution >= 4 is 22.4 Å². The van der Waals surface area contributed by atoms with Crippen LogP contribution in [0.3, 0.4) is 0 Å². The Morgan fingerprint density at radius 1 is 0.763 bits per heavy atom. The summed E-state index contributed by atoms with van der Waals surface area (Å²) in [6, 6.07) is 31.5. The minimum atomic E-state index is 0.198. The number of fused-ring (bicyclic) bond motifs is 1. The van der Waals surface area contributed by atoms with Crippen molar-refractivity contribution in [1.29, 1.82) is 0 Å². The van der Waals surface area contributed by atoms with Gasteiger partial charge in [-0.3, -0.25) is 4.90 Å². The first-order chi connectivity index (χ1) is 18.7. The zero-order valence-electron chi connectivity index (χ0n) is 21.4. The Morgan fingerprint density at radius 2 is 1.45 bits per heavy atom. The third-order valence-corrected chi connectivity index (χ3v) is 7.06. The lowest BCUT2D eigenvalue weighted by Gasteiger charge is -2.40. The molecule has 7 nitrogen and oxygen atoms in total. The van der Waals surface area contributed by atoms with Gasteiger partial charge in [-0.2, -0.15) is 4.98 Å². The van der Waals surface area contributed by atoms with Gasteiger partial charge in [-0.15, -0.1) is 0 Å². The van der Waals surface area contributed by atoms with Gasteiger partial charge in [0.15, 0.2) is 11.6 Å². The van der Waals surface area contributed by atoms with Gasteiger partial charge in [0.05, 0.1) is 6.04 Å². The standard InChI is InChI=1S/C31H30N6O/c1-22-15-16-23-13-8-14-26(28(23)35-22)38-31-27(32)30(33-21-34-31)37-19-17-36(18-20-37)29(24-9-4-2-5-10-24)25-11-6-3-7-12-25/h2-16,21,29H,17-20,32H2,1H3. The molecular formula is C31H30N6O. The molecule has 0 aliphatic carbocycles. The molecule has 0 atom stereocenters. The van der Waals surface area contributed by atoms with E-state index in [4.69, 9.17) is 10.5 Å². The van der Waals surface area contributed by atoms with E-state index in [9.17, 15) is 0 Å². The van der Waals surface area contributed by atoms with Gasteiger partial charge in [-0.25, -0.2) is 9.97 Å². The molecular weight excluding hydrogens is 472 g/mol. The SMILES string of the molecule is Cc1ccc2cccc(Oc3ncnc(N4CCN(C(c5ccccc5)c5ccccc5)CC4)c3N)c2n1. The Bertz CT molecular complexity index is 1500. The molecule has 7 heteroatoms. The largest absolute Gasteiger partial charge is 0.435 e. The van der Waals surface area contributed by atoms with Crippen LogP contribution in [0.5, 0.6) is 11.6 Å². The van der Waals surface area contributed by atoms with Crippen LogP contribution in [0.25, 0.3) is 10.9 Å². The molecule has 1 fully saturated rings. The second kappa shape index (κ2) is 10.5. The van der Waals surface area contributed by atoms with Crippen molar-refractivity contribution in [2.45, 2.75) is 13.0 Å². The van der Waals surface area contributed by atoms with Crippen molar-refractivity contribution in [3.63, 3.8) is 0 Å². The lowest BCUT2D eigenvalue weighted by atomic mass is 9.96. The number of aryl methyl sites for hydroxylation is 1. The van der Waals surface area contributed by atoms with E-state index in [1.165, 1.54) is 17.5 Å². The number of nitrogen functional groups attached to an aromatic ring is 1. The van der Waals surface area contributed by atoms with E-state index < -0.39 is 0 Å². The zero-order valence-corrected chi connectivity index (χ0v) is 21.4. The second-order valence-electron chi connectivity index (χ2n) is 9.55. The number of aromatic nitrogens is 3. The maximum Gasteiger partial charge on any atom is 0.248 e. The van der Waals surface area contributed by atoms with Crippen LogP contribution in [0, 0.1) is 6.92 Å². The normalized spacial score (nSPS) is 14.2. The molecule has 5 aromatic rings. The average Bonchev–Trinajstić information content (AvgIpc) is 2.96. The van der Waals surface area contributed by atoms with Crippen LogP contribution in [0.2, 0.25) is 0 Å². The Kier molecular flexibility index (Phi) is 6.58. The van der Waals surface area contributed by atoms with Gasteiger partial charge >= 0.3 is 0 Å². The van der Waals surface area contributed by atoms with Crippen LogP contribution >= 0.6 is 0 Å². The smallest absolute Gasteiger partial charge is 0.248 e. The molecule has 0 unspecified atom stereocenters. The second-order valence-corrected chi connectivity index (χ2v) is 9.55. The Labute approximate surface area is 222 Å². The molecule has 3 heterocycles. The van der Waals surface area contributed by atoms with Crippen molar-refractivity contribution in [3.05, 3.63) is 114 Å². The first kappa shape index (κ1) is 23.9. The summed E-state index contributed by atoms with van der Waals surface area (Å²) in [5, 5.41) is 1.00. The summed E-state index contributed by atoms with van der Waals surface area (Å²) < 4.78 is 6.21. The maximum atomic E-state index is 6.59. The lowest BCUT2D eigenvalue weighted by Crippen LogP contribution is -2.48. The molecule has 1 saturated heterocycles. The monoisotopic (exact) mass is 502 g/mol. The number of ether oxygens (including phenoxy) is 1. The Balaban J connectivity index is 1.23. The third-order valence-electron chi connectivity index (χ3n) is 7.06. The van der Waals surface area contributed by atoms with E-state index in [1.54, 1.807) is 0 Å². The van der Waals surface area contributed by atoms with Crippen molar-refractivity contribution in [1.82, 2.24) is 19.9 Å². The van der Waals surface area contributed by atoms with E-state index in [-0.39, 0.29) is 6.04 Å². The van der Waals surface area contributed by atoms with Gasteiger partial charge < -0.3 is 15.4 Å². The number of benzene rings is 3. The molecule has 38 heavy (non-hydrogen) atoms. The topological polar surface area (TPSA) is 80.4 Å². The van der Waals surface area contributed by atoms with Crippen LogP contribution in [0.4, 0.5) is 11.5 Å². The quantitative estimate of drug-likeness (QED) is 0.323. The van der Waals surface area contributed by atoms with Crippen LogP contribution in [-0.2, 0) is 0 Å². The molecule has 0 amide bonds. The third kappa shape index (κ3) is 4.76. The fraction of sp³-hybridized carbons (Fsp3) is 0.194. The van der Waals surface area contributed by atoms with E-state index in [2.05, 4.69) is 85.4 Å². The summed E-state index contributed by atoms with van der Waals surface area (Å²) in [4.78, 5) is 18.3. The van der Waals surface area contributed by atoms with E-state index in [0.717, 1.165) is 42.8 Å². The van der Waals surface area contributed by atoms with Crippen molar-refractivity contribution < 1.29 is 4.74 Å². The van der Waals surface area contributed by atoms with E-state index in [0.29, 0.717) is 23.1 Å². The Morgan fingerprint density at radius 3 is 2.13 bits per heavy atom. The molecule has 0 saturated carbocycles. The highest BCUT2D eigenvalue weighted by Crippen LogP contribution is 2.36. The van der Waals surface area contributed by atoms with Crippen LogP contribution in [0.1, 0.15) is 22.9 Å². The van der Waals surface area contributed by atoms with Gasteiger partial charge in [0.1, 0.15) is 17.5 Å². The van der Waals surface area contributed by atoms with Gasteiger partial charge in [0, 0.05) is 37.3 Å². The zero-order chi connectivity index (χ0) is 25.9. The average molecular weight is 503 g/mol. The fourth-order valence-corrected chi connectivity index (χ4v) is 5.18. The molecule has 6 rings (SSSR count). The van der Waals surface area contributed by atoms with Crippen LogP contribution in [0.15, 0.2) is 97.3 Å². The number of pyridine rings is 1. The van der Waals surface area contributed by atoms with Crippen molar-refractivity contribution in [2.24, 2.45) is 0 Å². The summed E-state index contributed by atoms with van der Waals surface area (Å²) in [6.45, 7) is 5.31. The van der Waals surface area contributed by atoms with Crippen LogP contribution in [-0.4, -0.2) is 46.0 Å². The molecule has 3 aromatic carbocycles. The summed E-state index contributed by atoms with van der Waals surface area (Å²) >= 11 is 0. The van der Waals surface area contributed by atoms with Crippen molar-refractivity contribution in [2.75, 3.05) is 36.8 Å². The van der Waals surface area contributed by atoms with Crippen LogP contribution < -0.4 is 15.4 Å². The number of rotatable bonds is 6. The van der Waals surface area contributed by atoms with Gasteiger partial charge in [0.25, 0.3) is 0 Å². The van der Waals surface area contributed by atoms with Crippen molar-refractivity contribution in [3.8, 4) is 11.6 Å². The minimum Gasteiger partial charge on any atom is -0.435 e. The predicted octanol–water partition coefficient (Wildman–Crippen LogP) is 5.62. The number of nitrogens with two attached hydrogens (primary N) is 1. The summed E-state index contributed by atoms with van der Waals surface area (Å²) in [7, 11) is 0. The highest BCUT2D eigenvalue weighted by molar-refractivity contribution is 5.85. The molecule has 190 valence electrons. The van der Waals surface area contributed by atoms with Gasteiger partial charge in [-0.05, 0) is 30.2 Å². The molecule has 0 spiro atoms. The number of anilines is 2. The molecule has 0 bridgehead atoms. The first-order valence-corrected chi connectivity index (χ1v) is 12.9. The maximum absolute atomic E-state index is 6.59. The summed E-state index contributed by atoms with van der Waals surface area (Å²) in [6.07, 6.45) is 1.52.